The molecule has 6 heteroatoms. The molecule has 0 spiro atoms. The highest BCUT2D eigenvalue weighted by Gasteiger charge is 2.03. The van der Waals surface area contributed by atoms with Crippen LogP contribution in [0.1, 0.15) is 26.2 Å². The van der Waals surface area contributed by atoms with E-state index in [4.69, 9.17) is 5.84 Å². The van der Waals surface area contributed by atoms with Crippen molar-refractivity contribution in [1.82, 2.24) is 9.97 Å². The van der Waals surface area contributed by atoms with Gasteiger partial charge in [0.05, 0.1) is 0 Å². The van der Waals surface area contributed by atoms with E-state index >= 15 is 0 Å². The van der Waals surface area contributed by atoms with Gasteiger partial charge >= 0.3 is 0 Å². The lowest BCUT2D eigenvalue weighted by atomic mass is 10.3. The number of hydrogen-bond acceptors (Lipinski definition) is 6. The van der Waals surface area contributed by atoms with Crippen molar-refractivity contribution in [1.29, 1.82) is 0 Å². The Bertz CT molecular complexity index is 297. The molecule has 0 saturated heterocycles. The highest BCUT2D eigenvalue weighted by molar-refractivity contribution is 7.99. The predicted octanol–water partition coefficient (Wildman–Crippen LogP) is 2.77. The molecule has 1 rings (SSSR count). The number of aromatic nitrogens is 2. The fourth-order valence-electron chi connectivity index (χ4n) is 1.17. The average molecular weight is 258 g/mol. The van der Waals surface area contributed by atoms with E-state index in [-0.39, 0.29) is 0 Å². The number of hydrazine groups is 1. The fraction of sp³-hybridized carbons (Fsp3) is 0.600. The van der Waals surface area contributed by atoms with Gasteiger partial charge in [-0.05, 0) is 18.4 Å². The quantitative estimate of drug-likeness (QED) is 0.196. The van der Waals surface area contributed by atoms with Crippen molar-refractivity contribution in [3.8, 4) is 0 Å². The lowest BCUT2D eigenvalue weighted by Crippen LogP contribution is -2.09. The van der Waals surface area contributed by atoms with Crippen LogP contribution in [-0.2, 0) is 0 Å². The van der Waals surface area contributed by atoms with E-state index in [1.54, 1.807) is 11.8 Å². The Morgan fingerprint density at radius 2 is 2.19 bits per heavy atom. The summed E-state index contributed by atoms with van der Waals surface area (Å²) in [5.74, 6) is 7.14. The lowest BCUT2D eigenvalue weighted by Gasteiger charge is -2.05. The zero-order chi connectivity index (χ0) is 11.8. The molecule has 0 radical (unpaired) electrons. The number of nitrogens with zero attached hydrogens (tertiary/aromatic N) is 2. The first kappa shape index (κ1) is 13.6. The molecule has 1 heterocycles. The van der Waals surface area contributed by atoms with Gasteiger partial charge in [-0.3, -0.25) is 0 Å². The molecule has 4 nitrogen and oxygen atoms in total. The van der Waals surface area contributed by atoms with Gasteiger partial charge in [0.1, 0.15) is 10.8 Å². The molecule has 1 aromatic heterocycles. The van der Waals surface area contributed by atoms with Crippen LogP contribution in [0.5, 0.6) is 0 Å². The molecule has 90 valence electrons. The van der Waals surface area contributed by atoms with Gasteiger partial charge < -0.3 is 5.43 Å². The van der Waals surface area contributed by atoms with E-state index in [1.807, 2.05) is 12.3 Å². The topological polar surface area (TPSA) is 63.8 Å². The van der Waals surface area contributed by atoms with E-state index in [0.717, 1.165) is 15.9 Å². The van der Waals surface area contributed by atoms with Gasteiger partial charge in [-0.2, -0.15) is 0 Å². The number of anilines is 1. The third-order valence-electron chi connectivity index (χ3n) is 2.01. The van der Waals surface area contributed by atoms with Gasteiger partial charge in [0.2, 0.25) is 0 Å². The average Bonchev–Trinajstić information content (AvgIpc) is 2.34. The monoisotopic (exact) mass is 258 g/mol. The van der Waals surface area contributed by atoms with Crippen molar-refractivity contribution in [2.75, 3.05) is 17.4 Å². The van der Waals surface area contributed by atoms with E-state index in [0.29, 0.717) is 5.82 Å². The molecule has 1 aromatic rings. The van der Waals surface area contributed by atoms with Gasteiger partial charge in [-0.15, -0.1) is 11.8 Å². The van der Waals surface area contributed by atoms with Crippen LogP contribution in [0.4, 0.5) is 5.82 Å². The van der Waals surface area contributed by atoms with E-state index in [2.05, 4.69) is 22.3 Å². The summed E-state index contributed by atoms with van der Waals surface area (Å²) in [4.78, 5) is 8.63. The van der Waals surface area contributed by atoms with Crippen LogP contribution in [0.3, 0.4) is 0 Å². The number of nitrogens with two attached hydrogens (primary N) is 1. The molecule has 0 aliphatic heterocycles. The Kier molecular flexibility index (Phi) is 6.59. The zero-order valence-electron chi connectivity index (χ0n) is 9.69. The largest absolute Gasteiger partial charge is 0.308 e. The second kappa shape index (κ2) is 7.76. The van der Waals surface area contributed by atoms with Gasteiger partial charge in [0, 0.05) is 6.07 Å². The highest BCUT2D eigenvalue weighted by atomic mass is 32.2. The summed E-state index contributed by atoms with van der Waals surface area (Å²) in [6.07, 6.45) is 5.71. The molecule has 0 fully saturated rings. The molecule has 0 saturated carbocycles. The Morgan fingerprint density at radius 3 is 2.81 bits per heavy atom. The molecule has 0 bridgehead atoms. The van der Waals surface area contributed by atoms with Crippen molar-refractivity contribution < 1.29 is 0 Å². The maximum atomic E-state index is 5.36. The first-order chi connectivity index (χ1) is 7.80. The standard InChI is InChI=1S/C10H18N4S2/c1-3-4-5-6-16-9-7-8(14-11)12-10(13-9)15-2/h7H,3-6,11H2,1-2H3,(H,12,13,14). The van der Waals surface area contributed by atoms with Crippen LogP contribution in [0, 0.1) is 0 Å². The van der Waals surface area contributed by atoms with Crippen molar-refractivity contribution in [2.24, 2.45) is 5.84 Å². The SMILES string of the molecule is CCCCCSc1cc(NN)nc(SC)n1. The van der Waals surface area contributed by atoms with Crippen LogP contribution in [-0.4, -0.2) is 22.0 Å². The van der Waals surface area contributed by atoms with E-state index in [1.165, 1.54) is 31.0 Å². The lowest BCUT2D eigenvalue weighted by molar-refractivity contribution is 0.777. The number of nitrogen functional groups attached to an aromatic ring is 1. The van der Waals surface area contributed by atoms with Crippen molar-refractivity contribution in [2.45, 2.75) is 36.4 Å². The minimum atomic E-state index is 0.678. The number of hydrogen-bond donors (Lipinski definition) is 2. The molecule has 0 aromatic carbocycles. The Labute approximate surface area is 105 Å². The highest BCUT2D eigenvalue weighted by Crippen LogP contribution is 2.22. The summed E-state index contributed by atoms with van der Waals surface area (Å²) in [6, 6.07) is 1.89. The molecule has 0 aliphatic carbocycles. The third-order valence-corrected chi connectivity index (χ3v) is 3.56. The Morgan fingerprint density at radius 1 is 1.38 bits per heavy atom. The minimum absolute atomic E-state index is 0.678. The summed E-state index contributed by atoms with van der Waals surface area (Å²) >= 11 is 3.28. The first-order valence-electron chi connectivity index (χ1n) is 5.32. The first-order valence-corrected chi connectivity index (χ1v) is 7.53. The van der Waals surface area contributed by atoms with Gasteiger partial charge in [-0.1, -0.05) is 31.5 Å². The van der Waals surface area contributed by atoms with Crippen molar-refractivity contribution >= 4 is 29.3 Å². The van der Waals surface area contributed by atoms with Crippen molar-refractivity contribution in [3.63, 3.8) is 0 Å². The Balaban J connectivity index is 2.57. The zero-order valence-corrected chi connectivity index (χ0v) is 11.3. The number of unbranched alkanes of at least 4 members (excludes halogenated alkanes) is 2. The maximum absolute atomic E-state index is 5.36. The van der Waals surface area contributed by atoms with Gasteiger partial charge in [-0.25, -0.2) is 15.8 Å². The normalized spacial score (nSPS) is 10.4. The van der Waals surface area contributed by atoms with Gasteiger partial charge in [0.25, 0.3) is 0 Å². The summed E-state index contributed by atoms with van der Waals surface area (Å²) in [6.45, 7) is 2.21. The van der Waals surface area contributed by atoms with Crippen LogP contribution in [0.25, 0.3) is 0 Å². The Hall–Kier alpha value is -0.460. The second-order valence-corrected chi connectivity index (χ2v) is 5.17. The smallest absolute Gasteiger partial charge is 0.190 e. The third kappa shape index (κ3) is 4.59. The summed E-state index contributed by atoms with van der Waals surface area (Å²) in [5, 5.41) is 1.75. The molecule has 0 amide bonds. The van der Waals surface area contributed by atoms with E-state index < -0.39 is 0 Å². The predicted molar refractivity (Wildman–Crippen MR) is 71.9 cm³/mol. The fourth-order valence-corrected chi connectivity index (χ4v) is 2.51. The summed E-state index contributed by atoms with van der Waals surface area (Å²) in [7, 11) is 0. The number of nitrogens with one attached hydrogen (secondary N) is 1. The molecule has 0 unspecified atom stereocenters. The molecular weight excluding hydrogens is 240 g/mol. The van der Waals surface area contributed by atoms with Crippen molar-refractivity contribution in [3.05, 3.63) is 6.07 Å². The second-order valence-electron chi connectivity index (χ2n) is 3.28. The minimum Gasteiger partial charge on any atom is -0.308 e. The van der Waals surface area contributed by atoms with E-state index in [9.17, 15) is 0 Å². The summed E-state index contributed by atoms with van der Waals surface area (Å²) in [5.41, 5.74) is 2.57. The number of rotatable bonds is 7. The molecular formula is C10H18N4S2. The van der Waals surface area contributed by atoms with Crippen LogP contribution in [0.15, 0.2) is 16.2 Å². The van der Waals surface area contributed by atoms with Crippen LogP contribution < -0.4 is 11.3 Å². The van der Waals surface area contributed by atoms with Crippen LogP contribution >= 0.6 is 23.5 Å². The van der Waals surface area contributed by atoms with Gasteiger partial charge in [0.15, 0.2) is 5.16 Å². The van der Waals surface area contributed by atoms with Crippen LogP contribution in [0.2, 0.25) is 0 Å². The number of thioether (sulfide) groups is 2. The molecule has 0 aliphatic rings. The molecule has 0 atom stereocenters. The summed E-state index contributed by atoms with van der Waals surface area (Å²) < 4.78 is 0. The molecule has 16 heavy (non-hydrogen) atoms. The maximum Gasteiger partial charge on any atom is 0.190 e. The molecule has 3 N–H and O–H groups in total.